The van der Waals surface area contributed by atoms with Crippen LogP contribution in [0.1, 0.15) is 58.2 Å². The molecule has 0 fully saturated rings. The van der Waals surface area contributed by atoms with E-state index in [0.29, 0.717) is 12.0 Å². The van der Waals surface area contributed by atoms with E-state index in [2.05, 4.69) is 15.4 Å². The number of likely N-dealkylation sites (N-methyl/N-ethyl adjacent to an activating group) is 1. The first-order valence-electron chi connectivity index (χ1n) is 11.0. The van der Waals surface area contributed by atoms with Crippen molar-refractivity contribution in [3.05, 3.63) is 35.4 Å². The van der Waals surface area contributed by atoms with E-state index in [4.69, 9.17) is 4.74 Å². The van der Waals surface area contributed by atoms with E-state index in [0.717, 1.165) is 5.56 Å². The molecule has 3 unspecified atom stereocenters. The number of aryl methyl sites for hydroxylation is 1. The predicted molar refractivity (Wildman–Crippen MR) is 124 cm³/mol. The molecule has 0 aliphatic carbocycles. The highest BCUT2D eigenvalue weighted by Gasteiger charge is 2.36. The maximum Gasteiger partial charge on any atom is 0.408 e. The van der Waals surface area contributed by atoms with Gasteiger partial charge in [0, 0.05) is 7.05 Å². The number of hydrogen-bond donors (Lipinski definition) is 2. The van der Waals surface area contributed by atoms with Crippen molar-refractivity contribution in [2.75, 3.05) is 20.7 Å². The highest BCUT2D eigenvalue weighted by molar-refractivity contribution is 5.93. The van der Waals surface area contributed by atoms with Gasteiger partial charge in [0.05, 0.1) is 7.11 Å². The van der Waals surface area contributed by atoms with Crippen LogP contribution in [-0.4, -0.2) is 61.1 Å². The molecule has 2 N–H and O–H groups in total. The summed E-state index contributed by atoms with van der Waals surface area (Å²) in [5.74, 6) is -1.81. The number of benzene rings is 1. The average Bonchev–Trinajstić information content (AvgIpc) is 2.73. The number of alkyl carbamates (subject to hydrolysis) is 1. The van der Waals surface area contributed by atoms with Gasteiger partial charge in [0.2, 0.25) is 11.8 Å². The molecule has 1 aromatic carbocycles. The van der Waals surface area contributed by atoms with Gasteiger partial charge in [0.15, 0.2) is 0 Å². The summed E-state index contributed by atoms with van der Waals surface area (Å²) in [6.07, 6.45) is -0.0965. The number of nitrogens with one attached hydrogen (secondary N) is 2. The van der Waals surface area contributed by atoms with E-state index < -0.39 is 41.6 Å². The van der Waals surface area contributed by atoms with Gasteiger partial charge in [-0.25, -0.2) is 4.79 Å². The van der Waals surface area contributed by atoms with E-state index in [9.17, 15) is 19.2 Å². The van der Waals surface area contributed by atoms with Gasteiger partial charge in [-0.3, -0.25) is 14.4 Å². The Hall–Kier alpha value is -3.10. The lowest BCUT2D eigenvalue weighted by molar-refractivity contribution is -0.144. The van der Waals surface area contributed by atoms with Gasteiger partial charge in [-0.05, 0) is 39.2 Å². The second-order valence-electron chi connectivity index (χ2n) is 9.07. The van der Waals surface area contributed by atoms with Crippen LogP contribution < -0.4 is 10.6 Å². The quantitative estimate of drug-likeness (QED) is 0.545. The predicted octanol–water partition coefficient (Wildman–Crippen LogP) is 2.72. The first kappa shape index (κ1) is 27.9. The van der Waals surface area contributed by atoms with Crippen molar-refractivity contribution in [1.29, 1.82) is 0 Å². The molecule has 3 amide bonds. The van der Waals surface area contributed by atoms with Gasteiger partial charge in [0.25, 0.3) is 0 Å². The zero-order valence-electron chi connectivity index (χ0n) is 20.9. The number of carbonyl (C=O) groups excluding carboxylic acids is 4. The monoisotopic (exact) mass is 463 g/mol. The first-order chi connectivity index (χ1) is 15.3. The van der Waals surface area contributed by atoms with Crippen molar-refractivity contribution < 1.29 is 28.7 Å². The minimum atomic E-state index is -1.02. The van der Waals surface area contributed by atoms with Gasteiger partial charge in [-0.2, -0.15) is 0 Å². The van der Waals surface area contributed by atoms with Gasteiger partial charge in [-0.15, -0.1) is 0 Å². The van der Waals surface area contributed by atoms with Crippen LogP contribution >= 0.6 is 0 Å². The van der Waals surface area contributed by atoms with Crippen molar-refractivity contribution in [2.45, 2.75) is 65.6 Å². The molecule has 0 bridgehead atoms. The summed E-state index contributed by atoms with van der Waals surface area (Å²) in [5, 5.41) is 5.18. The van der Waals surface area contributed by atoms with Crippen LogP contribution in [-0.2, 0) is 23.9 Å². The molecule has 0 aliphatic heterocycles. The van der Waals surface area contributed by atoms with Gasteiger partial charge < -0.3 is 25.0 Å². The third-order valence-corrected chi connectivity index (χ3v) is 5.13. The van der Waals surface area contributed by atoms with Crippen LogP contribution in [0.4, 0.5) is 4.79 Å². The minimum Gasteiger partial charge on any atom is -0.468 e. The smallest absolute Gasteiger partial charge is 0.408 e. The number of methoxy groups -OCH3 is 1. The molecule has 0 aliphatic rings. The standard InChI is InChI=1S/C24H37N3O6/c1-9-16(3)19(26-23(31)33-24(4,5)6)22(30)27(7)20(17-12-10-11-15(2)13-17)21(29)25-14-18(28)32-8/h10-13,16,19-20H,9,14H2,1-8H3,(H,25,29)(H,26,31). The number of rotatable bonds is 9. The summed E-state index contributed by atoms with van der Waals surface area (Å²) in [6.45, 7) is 10.5. The zero-order chi connectivity index (χ0) is 25.3. The summed E-state index contributed by atoms with van der Waals surface area (Å²) in [7, 11) is 2.72. The molecular formula is C24H37N3O6. The summed E-state index contributed by atoms with van der Waals surface area (Å²) < 4.78 is 9.91. The molecule has 0 radical (unpaired) electrons. The minimum absolute atomic E-state index is 0.219. The van der Waals surface area contributed by atoms with Crippen molar-refractivity contribution in [3.8, 4) is 0 Å². The van der Waals surface area contributed by atoms with Gasteiger partial charge in [0.1, 0.15) is 24.2 Å². The van der Waals surface area contributed by atoms with Crippen molar-refractivity contribution in [1.82, 2.24) is 15.5 Å². The van der Waals surface area contributed by atoms with E-state index in [1.807, 2.05) is 26.8 Å². The maximum absolute atomic E-state index is 13.5. The molecule has 0 saturated heterocycles. The average molecular weight is 464 g/mol. The van der Waals surface area contributed by atoms with Crippen LogP contribution in [0.15, 0.2) is 24.3 Å². The normalized spacial score (nSPS) is 13.8. The van der Waals surface area contributed by atoms with Gasteiger partial charge >= 0.3 is 12.1 Å². The Morgan fingerprint density at radius 3 is 2.30 bits per heavy atom. The van der Waals surface area contributed by atoms with Crippen molar-refractivity contribution >= 4 is 23.9 Å². The molecule has 0 aromatic heterocycles. The molecule has 0 heterocycles. The molecule has 1 aromatic rings. The van der Waals surface area contributed by atoms with E-state index >= 15 is 0 Å². The van der Waals surface area contributed by atoms with Crippen LogP contribution in [0.5, 0.6) is 0 Å². The van der Waals surface area contributed by atoms with E-state index in [1.165, 1.54) is 19.1 Å². The summed E-state index contributed by atoms with van der Waals surface area (Å²) in [6, 6.07) is 5.27. The lowest BCUT2D eigenvalue weighted by Crippen LogP contribution is -2.54. The number of esters is 1. The van der Waals surface area contributed by atoms with Crippen LogP contribution in [0.3, 0.4) is 0 Å². The molecular weight excluding hydrogens is 426 g/mol. The Bertz CT molecular complexity index is 849. The third-order valence-electron chi connectivity index (χ3n) is 5.13. The lowest BCUT2D eigenvalue weighted by atomic mass is 9.96. The van der Waals surface area contributed by atoms with Crippen LogP contribution in [0.2, 0.25) is 0 Å². The Morgan fingerprint density at radius 1 is 1.15 bits per heavy atom. The Balaban J connectivity index is 3.26. The van der Waals surface area contributed by atoms with Crippen molar-refractivity contribution in [2.24, 2.45) is 5.92 Å². The van der Waals surface area contributed by atoms with Crippen molar-refractivity contribution in [3.63, 3.8) is 0 Å². The fourth-order valence-electron chi connectivity index (χ4n) is 3.18. The fraction of sp³-hybridized carbons (Fsp3) is 0.583. The zero-order valence-corrected chi connectivity index (χ0v) is 20.9. The second-order valence-corrected chi connectivity index (χ2v) is 9.07. The number of ether oxygens (including phenoxy) is 2. The highest BCUT2D eigenvalue weighted by Crippen LogP contribution is 2.24. The Labute approximate surface area is 196 Å². The lowest BCUT2D eigenvalue weighted by Gasteiger charge is -2.33. The Morgan fingerprint density at radius 2 is 1.79 bits per heavy atom. The topological polar surface area (TPSA) is 114 Å². The summed E-state index contributed by atoms with van der Waals surface area (Å²) >= 11 is 0. The third kappa shape index (κ3) is 8.75. The number of carbonyl (C=O) groups is 4. The van der Waals surface area contributed by atoms with Gasteiger partial charge in [-0.1, -0.05) is 50.1 Å². The molecule has 3 atom stereocenters. The molecule has 9 heteroatoms. The molecule has 0 saturated carbocycles. The number of nitrogens with zero attached hydrogens (tertiary/aromatic N) is 1. The van der Waals surface area contributed by atoms with Crippen LogP contribution in [0, 0.1) is 12.8 Å². The fourth-order valence-corrected chi connectivity index (χ4v) is 3.18. The highest BCUT2D eigenvalue weighted by atomic mass is 16.6. The molecule has 1 rings (SSSR count). The maximum atomic E-state index is 13.5. The molecule has 0 spiro atoms. The van der Waals surface area contributed by atoms with E-state index in [1.54, 1.807) is 39.0 Å². The summed E-state index contributed by atoms with van der Waals surface area (Å²) in [4.78, 5) is 51.8. The number of amides is 3. The number of hydrogen-bond acceptors (Lipinski definition) is 6. The molecule has 33 heavy (non-hydrogen) atoms. The Kier molecular flexibility index (Phi) is 10.3. The van der Waals surface area contributed by atoms with E-state index in [-0.39, 0.29) is 12.5 Å². The van der Waals surface area contributed by atoms with Crippen LogP contribution in [0.25, 0.3) is 0 Å². The molecule has 9 nitrogen and oxygen atoms in total. The first-order valence-corrected chi connectivity index (χ1v) is 11.0. The largest absolute Gasteiger partial charge is 0.468 e. The summed E-state index contributed by atoms with van der Waals surface area (Å²) in [5.41, 5.74) is 0.759. The SMILES string of the molecule is CCC(C)C(NC(=O)OC(C)(C)C)C(=O)N(C)C(C(=O)NCC(=O)OC)c1cccc(C)c1. The second kappa shape index (κ2) is 12.2. The molecule has 184 valence electrons.